The molecule has 0 N–H and O–H groups in total. The first-order chi connectivity index (χ1) is 25.0. The van der Waals surface area contributed by atoms with Crippen molar-refractivity contribution in [2.75, 3.05) is 26.4 Å². The minimum absolute atomic E-state index is 0.163. The SMILES string of the molecule is C1CCOC1.CC1=CC(=O)[C@@]2(C)Cc3cnn(-c4ccc(F)cc4)c3C=C12.CC1=CC2(OCCO2)[C@@]2(C)Cc3cnn(-c4ccc(F)cc4)c3C=C12. The summed E-state index contributed by atoms with van der Waals surface area (Å²) < 4.78 is 47.1. The summed E-state index contributed by atoms with van der Waals surface area (Å²) in [5.74, 6) is -1.02. The van der Waals surface area contributed by atoms with E-state index in [0.717, 1.165) is 64.7 Å². The molecule has 2 aromatic carbocycles. The molecule has 0 unspecified atom stereocenters. The smallest absolute Gasteiger partial charge is 0.198 e. The standard InChI is InChI=1S/C20H19FN2O2.C18H15FN2O.C4H8O/c1-13-10-20(24-7-8-25-20)19(2)11-14-12-22-23(18(14)9-17(13)19)16-5-3-15(21)4-6-16;1-11-7-17(22)18(2)9-12-10-20-21(16(12)8-15(11)18)14-5-3-13(19)4-6-14;1-2-4-5-3-1/h3-6,9-10,12H,7-8,11H2,1-2H3;3-8,10H,9H2,1-2H3;1-4H2/t19-;18-;/m00./s1. The first-order valence-corrected chi connectivity index (χ1v) is 17.9. The zero-order valence-electron chi connectivity index (χ0n) is 29.9. The van der Waals surface area contributed by atoms with Gasteiger partial charge < -0.3 is 14.2 Å². The number of ether oxygens (including phenoxy) is 3. The number of hydrogen-bond acceptors (Lipinski definition) is 6. The van der Waals surface area contributed by atoms with Crippen LogP contribution >= 0.6 is 0 Å². The van der Waals surface area contributed by atoms with Crippen molar-refractivity contribution in [3.8, 4) is 11.4 Å². The Balaban J connectivity index is 0.000000132. The highest BCUT2D eigenvalue weighted by atomic mass is 19.1. The van der Waals surface area contributed by atoms with Gasteiger partial charge in [0.1, 0.15) is 11.6 Å². The molecule has 8 nitrogen and oxygen atoms in total. The molecule has 2 atom stereocenters. The van der Waals surface area contributed by atoms with Crippen molar-refractivity contribution in [2.45, 2.75) is 59.2 Å². The van der Waals surface area contributed by atoms with E-state index < -0.39 is 11.2 Å². The van der Waals surface area contributed by atoms with Crippen molar-refractivity contribution in [2.24, 2.45) is 10.8 Å². The second kappa shape index (κ2) is 13.0. The first kappa shape index (κ1) is 34.3. The number of allylic oxidation sites excluding steroid dienone is 4. The van der Waals surface area contributed by atoms with Crippen LogP contribution in [0.2, 0.25) is 0 Å². The molecule has 0 radical (unpaired) electrons. The molecule has 10 heteroatoms. The zero-order chi connectivity index (χ0) is 36.3. The number of benzene rings is 2. The van der Waals surface area contributed by atoms with Gasteiger partial charge in [0.05, 0.1) is 59.2 Å². The predicted molar refractivity (Wildman–Crippen MR) is 194 cm³/mol. The van der Waals surface area contributed by atoms with Gasteiger partial charge >= 0.3 is 0 Å². The van der Waals surface area contributed by atoms with E-state index in [2.05, 4.69) is 36.2 Å². The van der Waals surface area contributed by atoms with Crippen LogP contribution in [0.15, 0.2) is 95.4 Å². The number of halogens is 2. The fraction of sp³-hybridized carbons (Fsp3) is 0.357. The zero-order valence-corrected chi connectivity index (χ0v) is 29.9. The highest BCUT2D eigenvalue weighted by Gasteiger charge is 2.59. The number of carbonyl (C=O) groups excluding carboxylic acids is 1. The number of aromatic nitrogens is 4. The van der Waals surface area contributed by atoms with Crippen LogP contribution in [0.3, 0.4) is 0 Å². The number of carbonyl (C=O) groups is 1. The molecule has 1 spiro atoms. The largest absolute Gasteiger partial charge is 0.381 e. The fourth-order valence-corrected chi connectivity index (χ4v) is 8.41. The Hall–Kier alpha value is -4.77. The van der Waals surface area contributed by atoms with Crippen LogP contribution in [0.5, 0.6) is 0 Å². The summed E-state index contributed by atoms with van der Waals surface area (Å²) >= 11 is 0. The Morgan fingerprint density at radius 2 is 1.19 bits per heavy atom. The summed E-state index contributed by atoms with van der Waals surface area (Å²) in [5.41, 5.74) is 9.66. The number of rotatable bonds is 2. The summed E-state index contributed by atoms with van der Waals surface area (Å²) in [4.78, 5) is 12.3. The molecular formula is C42H42F2N4O4. The van der Waals surface area contributed by atoms with Crippen molar-refractivity contribution in [3.63, 3.8) is 0 Å². The maximum atomic E-state index is 13.2. The van der Waals surface area contributed by atoms with Crippen LogP contribution < -0.4 is 0 Å². The molecule has 10 rings (SSSR count). The molecule has 2 saturated heterocycles. The molecular weight excluding hydrogens is 662 g/mol. The third-order valence-electron chi connectivity index (χ3n) is 11.2. The molecule has 0 saturated carbocycles. The molecule has 268 valence electrons. The summed E-state index contributed by atoms with van der Waals surface area (Å²) in [6.45, 7) is 11.5. The quantitative estimate of drug-likeness (QED) is 0.211. The molecule has 0 amide bonds. The minimum Gasteiger partial charge on any atom is -0.381 e. The second-order valence-corrected chi connectivity index (χ2v) is 14.7. The van der Waals surface area contributed by atoms with Crippen LogP contribution in [-0.2, 0) is 31.8 Å². The van der Waals surface area contributed by atoms with Crippen LogP contribution in [0.1, 0.15) is 63.1 Å². The van der Waals surface area contributed by atoms with Crippen molar-refractivity contribution in [1.29, 1.82) is 0 Å². The van der Waals surface area contributed by atoms with Gasteiger partial charge in [0, 0.05) is 13.2 Å². The van der Waals surface area contributed by atoms with Crippen molar-refractivity contribution in [1.82, 2.24) is 19.6 Å². The summed E-state index contributed by atoms with van der Waals surface area (Å²) in [7, 11) is 0. The van der Waals surface area contributed by atoms with E-state index in [-0.39, 0.29) is 22.8 Å². The Labute approximate surface area is 302 Å². The van der Waals surface area contributed by atoms with Crippen molar-refractivity contribution < 1.29 is 27.8 Å². The predicted octanol–water partition coefficient (Wildman–Crippen LogP) is 7.94. The Morgan fingerprint density at radius 1 is 0.673 bits per heavy atom. The molecule has 6 aliphatic rings. The maximum Gasteiger partial charge on any atom is 0.198 e. The minimum atomic E-state index is -0.668. The molecule has 2 aromatic heterocycles. The monoisotopic (exact) mass is 704 g/mol. The van der Waals surface area contributed by atoms with Gasteiger partial charge in [0.2, 0.25) is 0 Å². The van der Waals surface area contributed by atoms with Gasteiger partial charge in [-0.3, -0.25) is 4.79 Å². The molecule has 2 aliphatic heterocycles. The van der Waals surface area contributed by atoms with Gasteiger partial charge in [0.15, 0.2) is 11.6 Å². The van der Waals surface area contributed by atoms with Crippen molar-refractivity contribution in [3.05, 3.63) is 130 Å². The number of ketones is 1. The van der Waals surface area contributed by atoms with E-state index in [0.29, 0.717) is 19.6 Å². The van der Waals surface area contributed by atoms with E-state index in [1.54, 1.807) is 41.2 Å². The average molecular weight is 705 g/mol. The molecule has 4 heterocycles. The van der Waals surface area contributed by atoms with Gasteiger partial charge in [-0.15, -0.1) is 0 Å². The van der Waals surface area contributed by atoms with Crippen molar-refractivity contribution >= 4 is 17.9 Å². The summed E-state index contributed by atoms with van der Waals surface area (Å²) in [6.07, 6.45) is 15.8. The third-order valence-corrected chi connectivity index (χ3v) is 11.2. The summed E-state index contributed by atoms with van der Waals surface area (Å²) in [6, 6.07) is 12.7. The van der Waals surface area contributed by atoms with Gasteiger partial charge in [-0.05, 0) is 160 Å². The van der Waals surface area contributed by atoms with Crippen LogP contribution in [-0.4, -0.2) is 57.6 Å². The topological polar surface area (TPSA) is 80.4 Å². The highest BCUT2D eigenvalue weighted by molar-refractivity contribution is 6.05. The van der Waals surface area contributed by atoms with E-state index >= 15 is 0 Å². The number of nitrogens with zero attached hydrogens (tertiary/aromatic N) is 4. The highest BCUT2D eigenvalue weighted by Crippen LogP contribution is 2.57. The van der Waals surface area contributed by atoms with Crippen LogP contribution in [0, 0.1) is 22.5 Å². The van der Waals surface area contributed by atoms with Crippen LogP contribution in [0.25, 0.3) is 23.5 Å². The molecule has 0 bridgehead atoms. The average Bonchev–Trinajstić information content (AvgIpc) is 3.99. The lowest BCUT2D eigenvalue weighted by atomic mass is 9.70. The lowest BCUT2D eigenvalue weighted by Crippen LogP contribution is -2.46. The van der Waals surface area contributed by atoms with Gasteiger partial charge in [-0.2, -0.15) is 10.2 Å². The van der Waals surface area contributed by atoms with Gasteiger partial charge in [-0.1, -0.05) is 0 Å². The van der Waals surface area contributed by atoms with E-state index in [1.165, 1.54) is 48.3 Å². The number of fused-ring (bicyclic) bond motifs is 5. The number of hydrogen-bond donors (Lipinski definition) is 0. The van der Waals surface area contributed by atoms with E-state index in [4.69, 9.17) is 14.2 Å². The summed E-state index contributed by atoms with van der Waals surface area (Å²) in [5, 5.41) is 8.97. The lowest BCUT2D eigenvalue weighted by Gasteiger charge is -2.41. The maximum absolute atomic E-state index is 13.2. The normalized spacial score (nSPS) is 24.7. The Bertz CT molecular complexity index is 2160. The second-order valence-electron chi connectivity index (χ2n) is 14.7. The Morgan fingerprint density at radius 3 is 1.71 bits per heavy atom. The Kier molecular flexibility index (Phi) is 8.59. The lowest BCUT2D eigenvalue weighted by molar-refractivity contribution is -0.176. The van der Waals surface area contributed by atoms with E-state index in [9.17, 15) is 13.6 Å². The first-order valence-electron chi connectivity index (χ1n) is 17.9. The van der Waals surface area contributed by atoms with Gasteiger partial charge in [-0.25, -0.2) is 18.1 Å². The third kappa shape index (κ3) is 5.64. The van der Waals surface area contributed by atoms with Gasteiger partial charge in [0.25, 0.3) is 0 Å². The van der Waals surface area contributed by atoms with E-state index in [1.807, 2.05) is 30.8 Å². The molecule has 2 fully saturated rings. The fourth-order valence-electron chi connectivity index (χ4n) is 8.41. The van der Waals surface area contributed by atoms with Crippen LogP contribution in [0.4, 0.5) is 8.78 Å². The molecule has 52 heavy (non-hydrogen) atoms. The molecule has 4 aromatic rings. The molecule has 4 aliphatic carbocycles.